The topological polar surface area (TPSA) is 101 Å². The van der Waals surface area contributed by atoms with Crippen LogP contribution in [0.25, 0.3) is 0 Å². The van der Waals surface area contributed by atoms with Gasteiger partial charge in [-0.25, -0.2) is 13.6 Å². The summed E-state index contributed by atoms with van der Waals surface area (Å²) in [5.74, 6) is -0.356. The number of anilines is 1. The van der Waals surface area contributed by atoms with Crippen molar-refractivity contribution in [2.45, 2.75) is 26.7 Å². The van der Waals surface area contributed by atoms with Crippen LogP contribution in [0.2, 0.25) is 0 Å². The predicted molar refractivity (Wildman–Crippen MR) is 84.9 cm³/mol. The van der Waals surface area contributed by atoms with Crippen LogP contribution < -0.4 is 15.8 Å². The van der Waals surface area contributed by atoms with E-state index in [0.29, 0.717) is 12.0 Å². The number of carbonyl (C=O) groups excluding carboxylic acids is 1. The highest BCUT2D eigenvalue weighted by Gasteiger charge is 2.11. The van der Waals surface area contributed by atoms with Crippen LogP contribution in [0.15, 0.2) is 18.2 Å². The van der Waals surface area contributed by atoms with E-state index < -0.39 is 10.0 Å². The lowest BCUT2D eigenvalue weighted by molar-refractivity contribution is 0.0954. The molecule has 0 atom stereocenters. The van der Waals surface area contributed by atoms with Gasteiger partial charge in [0.15, 0.2) is 0 Å². The molecule has 0 saturated carbocycles. The zero-order valence-corrected chi connectivity index (χ0v) is 13.3. The fraction of sp³-hybridized carbons (Fsp3) is 0.500. The summed E-state index contributed by atoms with van der Waals surface area (Å²) in [6.07, 6.45) is 1.26. The normalized spacial score (nSPS) is 11.2. The minimum Gasteiger partial charge on any atom is -0.384 e. The molecule has 0 radical (unpaired) electrons. The van der Waals surface area contributed by atoms with Crippen molar-refractivity contribution in [3.05, 3.63) is 29.3 Å². The first kappa shape index (κ1) is 17.5. The highest BCUT2D eigenvalue weighted by molar-refractivity contribution is 7.89. The van der Waals surface area contributed by atoms with E-state index in [4.69, 9.17) is 5.14 Å². The highest BCUT2D eigenvalue weighted by Crippen LogP contribution is 2.17. The molecule has 0 aliphatic heterocycles. The highest BCUT2D eigenvalue weighted by atomic mass is 32.2. The van der Waals surface area contributed by atoms with Crippen LogP contribution in [0.3, 0.4) is 0 Å². The van der Waals surface area contributed by atoms with E-state index in [2.05, 4.69) is 17.6 Å². The van der Waals surface area contributed by atoms with Crippen molar-refractivity contribution >= 4 is 21.6 Å². The number of hydrogen-bond donors (Lipinski definition) is 3. The molecule has 0 spiro atoms. The minimum absolute atomic E-state index is 0.137. The van der Waals surface area contributed by atoms with Gasteiger partial charge in [0.05, 0.1) is 11.3 Å². The molecule has 0 aliphatic carbocycles. The lowest BCUT2D eigenvalue weighted by Gasteiger charge is -2.12. The van der Waals surface area contributed by atoms with Crippen LogP contribution >= 0.6 is 0 Å². The first-order valence-electron chi connectivity index (χ1n) is 6.96. The van der Waals surface area contributed by atoms with Gasteiger partial charge in [0, 0.05) is 18.8 Å². The molecule has 0 heterocycles. The van der Waals surface area contributed by atoms with E-state index in [1.54, 1.807) is 6.07 Å². The molecule has 0 bridgehead atoms. The molecule has 6 nitrogen and oxygen atoms in total. The van der Waals surface area contributed by atoms with Crippen LogP contribution in [0.5, 0.6) is 0 Å². The van der Waals surface area contributed by atoms with E-state index in [0.717, 1.165) is 24.2 Å². The fourth-order valence-corrected chi connectivity index (χ4v) is 2.38. The van der Waals surface area contributed by atoms with E-state index in [1.807, 2.05) is 19.1 Å². The van der Waals surface area contributed by atoms with Gasteiger partial charge in [-0.2, -0.15) is 0 Å². The number of nitrogens with two attached hydrogens (primary N) is 1. The second kappa shape index (κ2) is 7.99. The largest absolute Gasteiger partial charge is 0.384 e. The number of primary sulfonamides is 1. The van der Waals surface area contributed by atoms with Gasteiger partial charge < -0.3 is 10.6 Å². The van der Waals surface area contributed by atoms with E-state index in [1.165, 1.54) is 0 Å². The number of aryl methyl sites for hydroxylation is 1. The summed E-state index contributed by atoms with van der Waals surface area (Å²) in [6.45, 7) is 5.08. The summed E-state index contributed by atoms with van der Waals surface area (Å²) in [5.41, 5.74) is 2.42. The molecule has 0 aromatic heterocycles. The molecule has 118 valence electrons. The summed E-state index contributed by atoms with van der Waals surface area (Å²) < 4.78 is 21.6. The summed E-state index contributed by atoms with van der Waals surface area (Å²) in [4.78, 5) is 12.1. The maximum atomic E-state index is 12.1. The van der Waals surface area contributed by atoms with Crippen LogP contribution in [-0.4, -0.2) is 33.2 Å². The Morgan fingerprint density at radius 2 is 2.00 bits per heavy atom. The average molecular weight is 313 g/mol. The number of rotatable bonds is 8. The molecule has 0 fully saturated rings. The van der Waals surface area contributed by atoms with Crippen molar-refractivity contribution in [2.75, 3.05) is 24.2 Å². The lowest BCUT2D eigenvalue weighted by atomic mass is 10.1. The number of nitrogens with one attached hydrogen (secondary N) is 2. The van der Waals surface area contributed by atoms with Crippen molar-refractivity contribution < 1.29 is 13.2 Å². The smallest absolute Gasteiger partial charge is 0.253 e. The molecule has 0 saturated heterocycles. The molecule has 1 aromatic carbocycles. The second-order valence-electron chi connectivity index (χ2n) is 4.95. The van der Waals surface area contributed by atoms with Crippen LogP contribution in [0, 0.1) is 6.92 Å². The zero-order valence-electron chi connectivity index (χ0n) is 12.5. The van der Waals surface area contributed by atoms with Gasteiger partial charge in [-0.15, -0.1) is 0 Å². The van der Waals surface area contributed by atoms with Crippen LogP contribution in [0.4, 0.5) is 5.69 Å². The molecular weight excluding hydrogens is 290 g/mol. The van der Waals surface area contributed by atoms with Crippen molar-refractivity contribution in [1.82, 2.24) is 5.32 Å². The summed E-state index contributed by atoms with van der Waals surface area (Å²) in [7, 11) is -3.48. The Hall–Kier alpha value is -1.60. The van der Waals surface area contributed by atoms with E-state index >= 15 is 0 Å². The fourth-order valence-electron chi connectivity index (χ4n) is 1.83. The molecule has 7 heteroatoms. The monoisotopic (exact) mass is 313 g/mol. The Labute approximate surface area is 126 Å². The molecular formula is C14H23N3O3S. The third-order valence-electron chi connectivity index (χ3n) is 2.88. The summed E-state index contributed by atoms with van der Waals surface area (Å²) >= 11 is 0. The maximum Gasteiger partial charge on any atom is 0.253 e. The quantitative estimate of drug-likeness (QED) is 0.628. The second-order valence-corrected chi connectivity index (χ2v) is 6.69. The van der Waals surface area contributed by atoms with Gasteiger partial charge in [0.25, 0.3) is 5.91 Å². The molecule has 1 amide bonds. The Bertz CT molecular complexity index is 585. The van der Waals surface area contributed by atoms with Gasteiger partial charge in [-0.1, -0.05) is 13.0 Å². The van der Waals surface area contributed by atoms with E-state index in [9.17, 15) is 13.2 Å². The maximum absolute atomic E-state index is 12.1. The van der Waals surface area contributed by atoms with Crippen molar-refractivity contribution in [3.63, 3.8) is 0 Å². The molecule has 0 unspecified atom stereocenters. The number of hydrogen-bond acceptors (Lipinski definition) is 4. The standard InChI is InChI=1S/C14H23N3O3S/c1-3-7-16-13-10-11(2)5-6-12(13)14(18)17-8-4-9-21(15,19)20/h5-6,10,16H,3-4,7-9H2,1-2H3,(H,17,18)(H2,15,19,20). The Morgan fingerprint density at radius 1 is 1.29 bits per heavy atom. The SMILES string of the molecule is CCCNc1cc(C)ccc1C(=O)NCCCS(N)(=O)=O. The van der Waals surface area contributed by atoms with Gasteiger partial charge in [-0.05, 0) is 37.5 Å². The number of benzene rings is 1. The molecule has 21 heavy (non-hydrogen) atoms. The van der Waals surface area contributed by atoms with Gasteiger partial charge in [0.2, 0.25) is 10.0 Å². The minimum atomic E-state index is -3.48. The average Bonchev–Trinajstić information content (AvgIpc) is 2.40. The Balaban J connectivity index is 2.64. The zero-order chi connectivity index (χ0) is 15.9. The van der Waals surface area contributed by atoms with Crippen LogP contribution in [-0.2, 0) is 10.0 Å². The first-order chi connectivity index (χ1) is 9.83. The number of amides is 1. The Morgan fingerprint density at radius 3 is 2.62 bits per heavy atom. The lowest BCUT2D eigenvalue weighted by Crippen LogP contribution is -2.28. The Kier molecular flexibility index (Phi) is 6.64. The molecule has 4 N–H and O–H groups in total. The van der Waals surface area contributed by atoms with Gasteiger partial charge in [0.1, 0.15) is 0 Å². The molecule has 0 aliphatic rings. The van der Waals surface area contributed by atoms with Crippen molar-refractivity contribution in [2.24, 2.45) is 5.14 Å². The first-order valence-corrected chi connectivity index (χ1v) is 8.68. The third-order valence-corrected chi connectivity index (χ3v) is 3.73. The molecule has 1 aromatic rings. The van der Waals surface area contributed by atoms with Gasteiger partial charge >= 0.3 is 0 Å². The van der Waals surface area contributed by atoms with E-state index in [-0.39, 0.29) is 18.2 Å². The number of carbonyl (C=O) groups is 1. The van der Waals surface area contributed by atoms with Crippen LogP contribution in [0.1, 0.15) is 35.7 Å². The molecule has 1 rings (SSSR count). The van der Waals surface area contributed by atoms with Crippen molar-refractivity contribution in [1.29, 1.82) is 0 Å². The summed E-state index contributed by atoms with van der Waals surface area (Å²) in [6, 6.07) is 5.56. The predicted octanol–water partition coefficient (Wildman–Crippen LogP) is 1.23. The summed E-state index contributed by atoms with van der Waals surface area (Å²) in [5, 5.41) is 10.8. The van der Waals surface area contributed by atoms with Gasteiger partial charge in [-0.3, -0.25) is 4.79 Å². The number of sulfonamides is 1. The third kappa shape index (κ3) is 6.59. The van der Waals surface area contributed by atoms with Crippen molar-refractivity contribution in [3.8, 4) is 0 Å².